The van der Waals surface area contributed by atoms with Gasteiger partial charge in [-0.2, -0.15) is 0 Å². The van der Waals surface area contributed by atoms with E-state index in [1.807, 2.05) is 9.24 Å². The molecule has 0 fully saturated rings. The summed E-state index contributed by atoms with van der Waals surface area (Å²) in [6, 6.07) is -1.88. The number of rotatable bonds is 44. The fraction of sp³-hybridized carbons (Fsp3) is 0.829. The predicted octanol–water partition coefficient (Wildman–Crippen LogP) is 1.07. The first kappa shape index (κ1) is 61.9. The first-order valence-electron chi connectivity index (χ1n) is 21.8. The van der Waals surface area contributed by atoms with Crippen LogP contribution in [0.1, 0.15) is 135 Å². The summed E-state index contributed by atoms with van der Waals surface area (Å²) in [5, 5.41) is 28.7. The van der Waals surface area contributed by atoms with Crippen LogP contribution < -0.4 is 90.2 Å². The third-order valence-electron chi connectivity index (χ3n) is 9.27. The molecule has 0 aliphatic heterocycles. The Morgan fingerprint density at radius 3 is 1.36 bits per heavy atom. The molecule has 0 rings (SSSR count). The van der Waals surface area contributed by atoms with Crippen LogP contribution in [0.2, 0.25) is 0 Å². The fourth-order valence-electron chi connectivity index (χ4n) is 5.81. The number of carbonyl (C=O) groups excluding carboxylic acids is 5. The fourth-order valence-corrected chi connectivity index (χ4v) is 5.98. The monoisotopic (exact) mass is 1010 g/mol. The topological polar surface area (TPSA) is 269 Å². The average molecular weight is 1010 g/mol. The van der Waals surface area contributed by atoms with Crippen molar-refractivity contribution in [3.8, 4) is 0 Å². The van der Waals surface area contributed by atoms with E-state index >= 15 is 0 Å². The van der Waals surface area contributed by atoms with Crippen LogP contribution in [0.5, 0.6) is 0 Å². The zero-order valence-corrected chi connectivity index (χ0v) is 44.2. The maximum absolute atomic E-state index is 12.3. The summed E-state index contributed by atoms with van der Waals surface area (Å²) >= 11 is 0. The van der Waals surface area contributed by atoms with E-state index in [4.69, 9.17) is 29.8 Å². The molecular weight excluding hydrogens is 934 g/mol. The van der Waals surface area contributed by atoms with Crippen LogP contribution in [0.3, 0.4) is 0 Å². The number of nitrogens with one attached hydrogen (secondary N) is 5. The molecule has 0 spiro atoms. The maximum Gasteiger partial charge on any atom is 1.00 e. The van der Waals surface area contributed by atoms with E-state index < -0.39 is 24.0 Å². The van der Waals surface area contributed by atoms with Gasteiger partial charge in [-0.05, 0) is 25.7 Å². The number of aliphatic carboxylic acids is 2. The minimum atomic E-state index is -1.19. The van der Waals surface area contributed by atoms with Gasteiger partial charge in [-0.25, -0.2) is 4.79 Å². The van der Waals surface area contributed by atoms with E-state index in [0.717, 1.165) is 38.5 Å². The second-order valence-electron chi connectivity index (χ2n) is 14.7. The van der Waals surface area contributed by atoms with Crippen LogP contribution in [0.15, 0.2) is 0 Å². The van der Waals surface area contributed by atoms with E-state index in [1.165, 1.54) is 44.9 Å². The third kappa shape index (κ3) is 45.2. The van der Waals surface area contributed by atoms with Crippen molar-refractivity contribution in [2.75, 3.05) is 72.5 Å². The van der Waals surface area contributed by atoms with Gasteiger partial charge < -0.3 is 56.2 Å². The van der Waals surface area contributed by atoms with Gasteiger partial charge in [0.2, 0.25) is 23.6 Å². The van der Waals surface area contributed by atoms with E-state index in [0.29, 0.717) is 32.2 Å². The first-order chi connectivity index (χ1) is 28.9. The number of amides is 4. The number of carboxylic acid groups (broad SMARTS) is 2. The van der Waals surface area contributed by atoms with Gasteiger partial charge in [0.15, 0.2) is 0 Å². The summed E-state index contributed by atoms with van der Waals surface area (Å²) in [4.78, 5) is 81.3. The largest absolute Gasteiger partial charge is 1.00 e. The molecular formula is C41H75CsN5O13P. The number of ether oxygens (including phenoxy) is 4. The number of unbranched alkanes of at least 4 members (excludes halogenated alkanes) is 14. The first-order valence-corrected chi connectivity index (χ1v) is 22.4. The molecule has 1 unspecified atom stereocenters. The molecule has 0 aliphatic carbocycles. The molecule has 0 aliphatic rings. The van der Waals surface area contributed by atoms with Crippen LogP contribution in [0.25, 0.3) is 5.73 Å². The molecule has 0 aromatic rings. The number of carboxylic acids is 2. The molecule has 0 radical (unpaired) electrons. The van der Waals surface area contributed by atoms with Crippen molar-refractivity contribution in [1.29, 1.82) is 0 Å². The minimum absolute atomic E-state index is 0. The van der Waals surface area contributed by atoms with Gasteiger partial charge in [0.25, 0.3) is 0 Å². The summed E-state index contributed by atoms with van der Waals surface area (Å²) in [6.07, 6.45) is 17.3. The van der Waals surface area contributed by atoms with Crippen LogP contribution >= 0.6 is 9.24 Å². The molecule has 18 nitrogen and oxygen atoms in total. The quantitative estimate of drug-likeness (QED) is 0.0369. The summed E-state index contributed by atoms with van der Waals surface area (Å²) in [7, 11) is 2.01. The van der Waals surface area contributed by atoms with Crippen molar-refractivity contribution in [3.63, 3.8) is 0 Å². The van der Waals surface area contributed by atoms with Gasteiger partial charge in [0.05, 0.1) is 39.6 Å². The van der Waals surface area contributed by atoms with Gasteiger partial charge in [0, 0.05) is 38.9 Å². The van der Waals surface area contributed by atoms with Crippen molar-refractivity contribution in [3.05, 3.63) is 5.73 Å². The summed E-state index contributed by atoms with van der Waals surface area (Å²) in [5.74, 6) is -3.17. The third-order valence-corrected chi connectivity index (χ3v) is 9.67. The predicted molar refractivity (Wildman–Crippen MR) is 229 cm³/mol. The number of hydrogen-bond donors (Lipinski definition) is 6. The van der Waals surface area contributed by atoms with Crippen LogP contribution in [0.4, 0.5) is 0 Å². The molecule has 0 aromatic carbocycles. The number of carbonyl (C=O) groups is 7. The molecule has 0 saturated carbocycles. The smallest absolute Gasteiger partial charge is 0.668 e. The molecule has 348 valence electrons. The van der Waals surface area contributed by atoms with E-state index in [-0.39, 0.29) is 190 Å². The summed E-state index contributed by atoms with van der Waals surface area (Å²) in [5.41, 5.74) is 7.29. The van der Waals surface area contributed by atoms with Crippen molar-refractivity contribution >= 4 is 50.3 Å². The van der Waals surface area contributed by atoms with E-state index in [1.54, 1.807) is 0 Å². The maximum atomic E-state index is 12.3. The molecule has 7 N–H and O–H groups in total. The molecule has 20 heteroatoms. The van der Waals surface area contributed by atoms with Gasteiger partial charge in [-0.1, -0.05) is 105 Å². The Morgan fingerprint density at radius 2 is 0.902 bits per heavy atom. The standard InChI is InChI=1S/C41H75N5O13P.Cs/c42-33(41(55)60)17-15-16-22-43-37(49)31-58-29-28-57-26-24-45-38(50)32-59-30-27-56-25-23-44-35(47)21-20-34(40(53)54)46-36(48)18-13-11-9-7-5-3-1-2-4-6-8-10-12-14-19-39(51)52;/h33-34,42H,1-32,60H2,(H,43,49)(H,44,47)(H,45,50)(H,46,48)(H,51,52)(H,53,54);/q-1;+1/t33-,34-;/m0./s1. The SMILES string of the molecule is [Cs+].[NH-][C@@H](CCCCNC(=O)COCCOCCNC(=O)COCCOCCNC(=O)CC[C@H](NC(=O)CCCCCCCCCCCCCCCCC(=O)O)C(=O)O)C(=O)P. The van der Waals surface area contributed by atoms with E-state index in [9.17, 15) is 38.7 Å². The number of hydrogen-bond acceptors (Lipinski definition) is 11. The summed E-state index contributed by atoms with van der Waals surface area (Å²) in [6.45, 7) is 1.93. The molecule has 61 heavy (non-hydrogen) atoms. The Labute approximate surface area is 424 Å². The second kappa shape index (κ2) is 45.3. The van der Waals surface area contributed by atoms with Gasteiger partial charge >= 0.3 is 80.8 Å². The Balaban J connectivity index is 0. The Hall–Kier alpha value is -1.23. The zero-order valence-electron chi connectivity index (χ0n) is 36.7. The average Bonchev–Trinajstić information content (AvgIpc) is 3.20. The molecule has 0 heterocycles. The second-order valence-corrected chi connectivity index (χ2v) is 15.2. The normalized spacial score (nSPS) is 11.8. The van der Waals surface area contributed by atoms with Crippen molar-refractivity contribution in [2.45, 2.75) is 147 Å². The van der Waals surface area contributed by atoms with Crippen LogP contribution in [-0.2, 0) is 52.5 Å². The molecule has 3 atom stereocenters. The van der Waals surface area contributed by atoms with E-state index in [2.05, 4.69) is 21.3 Å². The Kier molecular flexibility index (Phi) is 46.0. The van der Waals surface area contributed by atoms with Crippen LogP contribution in [0, 0.1) is 0 Å². The van der Waals surface area contributed by atoms with Gasteiger partial charge in [-0.15, -0.1) is 0 Å². The zero-order chi connectivity index (χ0) is 44.5. The Bertz CT molecular complexity index is 1190. The van der Waals surface area contributed by atoms with Crippen molar-refractivity contribution < 1.29 is 132 Å². The van der Waals surface area contributed by atoms with Crippen molar-refractivity contribution in [2.24, 2.45) is 0 Å². The summed E-state index contributed by atoms with van der Waals surface area (Å²) < 4.78 is 21.3. The Morgan fingerprint density at radius 1 is 0.475 bits per heavy atom. The van der Waals surface area contributed by atoms with Crippen LogP contribution in [-0.4, -0.2) is 136 Å². The molecule has 0 saturated heterocycles. The minimum Gasteiger partial charge on any atom is -0.668 e. The van der Waals surface area contributed by atoms with Crippen molar-refractivity contribution in [1.82, 2.24) is 21.3 Å². The van der Waals surface area contributed by atoms with Gasteiger partial charge in [0.1, 0.15) is 24.8 Å². The molecule has 0 bridgehead atoms. The molecule has 4 amide bonds. The van der Waals surface area contributed by atoms with Gasteiger partial charge in [-0.3, -0.25) is 28.8 Å². The molecule has 0 aromatic heterocycles.